The van der Waals surface area contributed by atoms with E-state index in [1.165, 1.54) is 5.57 Å². The van der Waals surface area contributed by atoms with Gasteiger partial charge in [-0.1, -0.05) is 53.2 Å². The Hall–Kier alpha value is -1.15. The van der Waals surface area contributed by atoms with Crippen molar-refractivity contribution in [3.05, 3.63) is 11.6 Å². The Morgan fingerprint density at radius 3 is 2.21 bits per heavy atom. The molecule has 5 aliphatic carbocycles. The zero-order valence-electron chi connectivity index (χ0n) is 28.7. The lowest BCUT2D eigenvalue weighted by Gasteiger charge is -2.72. The second-order valence-electron chi connectivity index (χ2n) is 17.5. The summed E-state index contributed by atoms with van der Waals surface area (Å²) in [5.41, 5.74) is -2.19. The molecule has 47 heavy (non-hydrogen) atoms. The molecular weight excluding hydrogens is 608 g/mol. The highest BCUT2D eigenvalue weighted by Crippen LogP contribution is 2.75. The first-order valence-electron chi connectivity index (χ1n) is 17.7. The van der Waals surface area contributed by atoms with Crippen LogP contribution in [0, 0.1) is 56.7 Å². The van der Waals surface area contributed by atoms with Crippen molar-refractivity contribution in [3.8, 4) is 0 Å². The average Bonchev–Trinajstić information content (AvgIpc) is 3.01. The topological polar surface area (TPSA) is 197 Å². The van der Waals surface area contributed by atoms with Gasteiger partial charge in [0.05, 0.1) is 36.9 Å². The minimum absolute atomic E-state index is 0.0404. The van der Waals surface area contributed by atoms with Crippen molar-refractivity contribution in [2.24, 2.45) is 56.7 Å². The van der Waals surface area contributed by atoms with E-state index in [-0.39, 0.29) is 24.4 Å². The molecule has 0 radical (unpaired) electrons. The number of hydrogen-bond donors (Lipinski definition) is 8. The van der Waals surface area contributed by atoms with Gasteiger partial charge in [-0.2, -0.15) is 0 Å². The Morgan fingerprint density at radius 1 is 0.894 bits per heavy atom. The first-order chi connectivity index (χ1) is 21.9. The number of carbonyl (C=O) groups excluding carboxylic acids is 1. The molecule has 0 aromatic carbocycles. The highest BCUT2D eigenvalue weighted by Gasteiger charge is 2.72. The first-order valence-corrected chi connectivity index (χ1v) is 17.7. The Balaban J connectivity index is 1.38. The van der Waals surface area contributed by atoms with E-state index in [4.69, 9.17) is 9.47 Å². The molecule has 11 nitrogen and oxygen atoms in total. The summed E-state index contributed by atoms with van der Waals surface area (Å²) in [6.07, 6.45) is -4.39. The predicted octanol–water partition coefficient (Wildman–Crippen LogP) is 1.26. The molecule has 0 aromatic rings. The van der Waals surface area contributed by atoms with Gasteiger partial charge < -0.3 is 50.3 Å². The van der Waals surface area contributed by atoms with Gasteiger partial charge in [0.25, 0.3) is 0 Å². The molecule has 268 valence electrons. The number of ether oxygens (including phenoxy) is 2. The van der Waals surface area contributed by atoms with E-state index in [2.05, 4.69) is 40.7 Å². The zero-order valence-corrected chi connectivity index (χ0v) is 28.7. The molecule has 6 aliphatic rings. The van der Waals surface area contributed by atoms with Gasteiger partial charge >= 0.3 is 5.97 Å². The molecule has 0 amide bonds. The molecule has 4 saturated carbocycles. The maximum atomic E-state index is 14.4. The maximum absolute atomic E-state index is 14.4. The van der Waals surface area contributed by atoms with Crippen LogP contribution in [0.5, 0.6) is 0 Å². The summed E-state index contributed by atoms with van der Waals surface area (Å²) in [7, 11) is 0. The molecule has 11 heteroatoms. The summed E-state index contributed by atoms with van der Waals surface area (Å²) >= 11 is 0. The van der Waals surface area contributed by atoms with Crippen LogP contribution in [0.4, 0.5) is 0 Å². The maximum Gasteiger partial charge on any atom is 0.315 e. The van der Waals surface area contributed by atoms with Crippen LogP contribution < -0.4 is 0 Å². The van der Waals surface area contributed by atoms with E-state index in [0.29, 0.717) is 44.4 Å². The third-order valence-electron chi connectivity index (χ3n) is 15.4. The molecule has 1 aliphatic heterocycles. The molecule has 18 atom stereocenters. The fourth-order valence-electron chi connectivity index (χ4n) is 12.5. The summed E-state index contributed by atoms with van der Waals surface area (Å²) in [4.78, 5) is 14.4. The van der Waals surface area contributed by atoms with Crippen LogP contribution in [0.1, 0.15) is 86.5 Å². The van der Waals surface area contributed by atoms with Crippen LogP contribution >= 0.6 is 0 Å². The standard InChI is InChI=1S/C36H58O11/c1-17-11-20-19-7-8-24-32(3)13-22(40)29(44)33(4,16-38)28(32)21(39)14-35(24,6)34(19,5)9-10-36(20,12-18(17)2)31(45)47-30-27(43)26(42)25(41)23(15-37)46-30/h7,17-18,20-30,37-44H,8-16H2,1-6H3. The SMILES string of the molecule is CC1CC2C3=CCC4C5(C)CC(O)C(O)C(C)(CO)C5C(O)CC4(C)C3(C)CCC2(C(=O)OC2OC(CO)C(O)C(O)C2O)CC1C. The Labute approximate surface area is 278 Å². The second kappa shape index (κ2) is 11.7. The van der Waals surface area contributed by atoms with Crippen LogP contribution in [0.15, 0.2) is 11.6 Å². The van der Waals surface area contributed by atoms with Crippen LogP contribution in [-0.2, 0) is 14.3 Å². The number of allylic oxidation sites excluding steroid dienone is 2. The third kappa shape index (κ3) is 4.74. The van der Waals surface area contributed by atoms with Crippen molar-refractivity contribution >= 4 is 5.97 Å². The average molecular weight is 667 g/mol. The van der Waals surface area contributed by atoms with Crippen molar-refractivity contribution in [1.82, 2.24) is 0 Å². The summed E-state index contributed by atoms with van der Waals surface area (Å²) in [6, 6.07) is 0. The Bertz CT molecular complexity index is 1260. The first kappa shape index (κ1) is 35.7. The molecular formula is C36H58O11. The normalized spacial score (nSPS) is 57.5. The van der Waals surface area contributed by atoms with Crippen molar-refractivity contribution < 1.29 is 55.1 Å². The zero-order chi connectivity index (χ0) is 34.6. The van der Waals surface area contributed by atoms with E-state index >= 15 is 0 Å². The van der Waals surface area contributed by atoms with Gasteiger partial charge in [-0.25, -0.2) is 0 Å². The predicted molar refractivity (Wildman–Crippen MR) is 169 cm³/mol. The van der Waals surface area contributed by atoms with Crippen molar-refractivity contribution in [2.75, 3.05) is 13.2 Å². The highest BCUT2D eigenvalue weighted by molar-refractivity contribution is 5.79. The van der Waals surface area contributed by atoms with Crippen LogP contribution in [0.25, 0.3) is 0 Å². The molecule has 0 aromatic heterocycles. The fraction of sp³-hybridized carbons (Fsp3) is 0.917. The lowest BCUT2D eigenvalue weighted by atomic mass is 9.33. The van der Waals surface area contributed by atoms with Crippen molar-refractivity contribution in [2.45, 2.75) is 136 Å². The number of carbonyl (C=O) groups is 1. The molecule has 0 spiro atoms. The summed E-state index contributed by atoms with van der Waals surface area (Å²) in [5, 5.41) is 85.8. The number of rotatable bonds is 4. The van der Waals surface area contributed by atoms with E-state index < -0.39 is 94.6 Å². The summed E-state index contributed by atoms with van der Waals surface area (Å²) in [5.74, 6) is -0.527. The Morgan fingerprint density at radius 2 is 1.57 bits per heavy atom. The molecule has 1 heterocycles. The number of aliphatic hydroxyl groups excluding tert-OH is 8. The van der Waals surface area contributed by atoms with Crippen molar-refractivity contribution in [3.63, 3.8) is 0 Å². The molecule has 18 unspecified atom stereocenters. The molecule has 1 saturated heterocycles. The smallest absolute Gasteiger partial charge is 0.315 e. The number of hydrogen-bond acceptors (Lipinski definition) is 11. The second-order valence-corrected chi connectivity index (χ2v) is 17.5. The van der Waals surface area contributed by atoms with Crippen LogP contribution in [0.2, 0.25) is 0 Å². The molecule has 6 rings (SSSR count). The fourth-order valence-corrected chi connectivity index (χ4v) is 12.5. The number of esters is 1. The van der Waals surface area contributed by atoms with E-state index in [1.807, 2.05) is 0 Å². The highest BCUT2D eigenvalue weighted by atomic mass is 16.7. The lowest BCUT2D eigenvalue weighted by Crippen LogP contribution is -2.71. The molecule has 8 N–H and O–H groups in total. The van der Waals surface area contributed by atoms with E-state index in [1.54, 1.807) is 6.92 Å². The molecule has 0 bridgehead atoms. The third-order valence-corrected chi connectivity index (χ3v) is 15.4. The van der Waals surface area contributed by atoms with Gasteiger partial charge in [-0.3, -0.25) is 4.79 Å². The van der Waals surface area contributed by atoms with Gasteiger partial charge in [0.15, 0.2) is 0 Å². The lowest BCUT2D eigenvalue weighted by molar-refractivity contribution is -0.298. The Kier molecular flexibility index (Phi) is 8.88. The quantitative estimate of drug-likeness (QED) is 0.159. The number of fused-ring (bicyclic) bond motifs is 7. The molecule has 5 fully saturated rings. The van der Waals surface area contributed by atoms with E-state index in [0.717, 1.165) is 6.42 Å². The minimum atomic E-state index is -1.68. The van der Waals surface area contributed by atoms with Crippen molar-refractivity contribution in [1.29, 1.82) is 0 Å². The van der Waals surface area contributed by atoms with Gasteiger partial charge in [-0.15, -0.1) is 0 Å². The van der Waals surface area contributed by atoms with Crippen LogP contribution in [0.3, 0.4) is 0 Å². The van der Waals surface area contributed by atoms with E-state index in [9.17, 15) is 45.6 Å². The summed E-state index contributed by atoms with van der Waals surface area (Å²) in [6.45, 7) is 11.8. The van der Waals surface area contributed by atoms with Gasteiger partial charge in [0.2, 0.25) is 6.29 Å². The minimum Gasteiger partial charge on any atom is -0.432 e. The van der Waals surface area contributed by atoms with Gasteiger partial charge in [-0.05, 0) is 84.9 Å². The monoisotopic (exact) mass is 666 g/mol. The number of aliphatic hydroxyl groups is 8. The summed E-state index contributed by atoms with van der Waals surface area (Å²) < 4.78 is 11.5. The van der Waals surface area contributed by atoms with Crippen LogP contribution in [-0.4, -0.2) is 109 Å². The largest absolute Gasteiger partial charge is 0.432 e. The van der Waals surface area contributed by atoms with Gasteiger partial charge in [0, 0.05) is 11.3 Å². The van der Waals surface area contributed by atoms with Gasteiger partial charge in [0.1, 0.15) is 24.4 Å².